The minimum absolute atomic E-state index is 0.0695. The highest BCUT2D eigenvalue weighted by molar-refractivity contribution is 5.86. The molecule has 2 aliphatic rings. The van der Waals surface area contributed by atoms with E-state index >= 15 is 0 Å². The fourth-order valence-electron chi connectivity index (χ4n) is 3.95. The monoisotopic (exact) mass is 395 g/mol. The summed E-state index contributed by atoms with van der Waals surface area (Å²) in [6.45, 7) is 8.00. The lowest BCUT2D eigenvalue weighted by molar-refractivity contribution is 0.139. The summed E-state index contributed by atoms with van der Waals surface area (Å²) >= 11 is 0. The fraction of sp³-hybridized carbons (Fsp3) is 0.476. The standard InChI is InChI=1S/C21H25N5O3/c1-15-10-18(29-24-15)12-25-5-7-26(8-6-25)16-2-3-20-19(11-16)21(23-14-22-20)28-17-4-9-27-13-17/h2-3,10-11,14,17H,4-9,12-13H2,1H3. The molecule has 0 N–H and O–H groups in total. The second-order valence-electron chi connectivity index (χ2n) is 7.68. The lowest BCUT2D eigenvalue weighted by Crippen LogP contribution is -2.45. The Balaban J connectivity index is 1.29. The fourth-order valence-corrected chi connectivity index (χ4v) is 3.95. The van der Waals surface area contributed by atoms with Crippen LogP contribution in [0.25, 0.3) is 10.9 Å². The topological polar surface area (TPSA) is 76.8 Å². The van der Waals surface area contributed by atoms with Gasteiger partial charge in [-0.15, -0.1) is 0 Å². The molecule has 5 rings (SSSR count). The largest absolute Gasteiger partial charge is 0.471 e. The lowest BCUT2D eigenvalue weighted by atomic mass is 10.1. The summed E-state index contributed by atoms with van der Waals surface area (Å²) < 4.78 is 16.9. The molecule has 3 aromatic rings. The van der Waals surface area contributed by atoms with Gasteiger partial charge in [-0.2, -0.15) is 0 Å². The van der Waals surface area contributed by atoms with Crippen molar-refractivity contribution >= 4 is 16.6 Å². The van der Waals surface area contributed by atoms with Crippen LogP contribution in [-0.4, -0.2) is 65.5 Å². The molecule has 0 amide bonds. The third-order valence-electron chi connectivity index (χ3n) is 5.54. The summed E-state index contributed by atoms with van der Waals surface area (Å²) in [5.74, 6) is 1.57. The van der Waals surface area contributed by atoms with Gasteiger partial charge in [0.1, 0.15) is 12.4 Å². The maximum absolute atomic E-state index is 6.10. The van der Waals surface area contributed by atoms with Gasteiger partial charge in [0.05, 0.1) is 36.4 Å². The quantitative estimate of drug-likeness (QED) is 0.652. The van der Waals surface area contributed by atoms with Gasteiger partial charge in [-0.25, -0.2) is 9.97 Å². The summed E-state index contributed by atoms with van der Waals surface area (Å²) in [7, 11) is 0. The molecule has 8 heteroatoms. The molecule has 2 aliphatic heterocycles. The Morgan fingerprint density at radius 1 is 1.14 bits per heavy atom. The van der Waals surface area contributed by atoms with Crippen LogP contribution in [0.5, 0.6) is 5.88 Å². The van der Waals surface area contributed by atoms with Gasteiger partial charge >= 0.3 is 0 Å². The average molecular weight is 395 g/mol. The maximum atomic E-state index is 6.10. The molecule has 0 spiro atoms. The molecule has 1 unspecified atom stereocenters. The molecule has 1 aromatic carbocycles. The Kier molecular flexibility index (Phi) is 5.03. The van der Waals surface area contributed by atoms with Crippen molar-refractivity contribution in [1.29, 1.82) is 0 Å². The number of rotatable bonds is 5. The van der Waals surface area contributed by atoms with Crippen molar-refractivity contribution in [2.45, 2.75) is 26.0 Å². The Bertz CT molecular complexity index is 977. The molecule has 0 radical (unpaired) electrons. The molecule has 1 atom stereocenters. The number of aromatic nitrogens is 3. The van der Waals surface area contributed by atoms with Crippen molar-refractivity contribution in [2.24, 2.45) is 0 Å². The number of aryl methyl sites for hydroxylation is 1. The second-order valence-corrected chi connectivity index (χ2v) is 7.68. The minimum Gasteiger partial charge on any atom is -0.471 e. The van der Waals surface area contributed by atoms with Crippen LogP contribution in [0.2, 0.25) is 0 Å². The molecule has 8 nitrogen and oxygen atoms in total. The molecular formula is C21H25N5O3. The van der Waals surface area contributed by atoms with Crippen LogP contribution < -0.4 is 9.64 Å². The normalized spacial score (nSPS) is 20.4. The Labute approximate surface area is 169 Å². The summed E-state index contributed by atoms with van der Waals surface area (Å²) in [6.07, 6.45) is 2.54. The van der Waals surface area contributed by atoms with Gasteiger partial charge < -0.3 is 18.9 Å². The highest BCUT2D eigenvalue weighted by atomic mass is 16.5. The van der Waals surface area contributed by atoms with Crippen LogP contribution in [0.4, 0.5) is 5.69 Å². The van der Waals surface area contributed by atoms with Gasteiger partial charge in [-0.3, -0.25) is 4.90 Å². The Hall–Kier alpha value is -2.71. The zero-order valence-electron chi connectivity index (χ0n) is 16.6. The van der Waals surface area contributed by atoms with Crippen molar-refractivity contribution in [3.8, 4) is 5.88 Å². The third-order valence-corrected chi connectivity index (χ3v) is 5.54. The van der Waals surface area contributed by atoms with Crippen LogP contribution in [0.1, 0.15) is 17.9 Å². The number of piperazine rings is 1. The molecule has 0 bridgehead atoms. The molecule has 0 aliphatic carbocycles. The first-order valence-electron chi connectivity index (χ1n) is 10.1. The van der Waals surface area contributed by atoms with Gasteiger partial charge in [0.15, 0.2) is 5.76 Å². The zero-order chi connectivity index (χ0) is 19.6. The molecular weight excluding hydrogens is 370 g/mol. The number of anilines is 1. The number of benzene rings is 1. The van der Waals surface area contributed by atoms with E-state index < -0.39 is 0 Å². The molecule has 2 fully saturated rings. The number of fused-ring (bicyclic) bond motifs is 1. The van der Waals surface area contributed by atoms with Crippen molar-refractivity contribution in [3.63, 3.8) is 0 Å². The number of hydrogen-bond acceptors (Lipinski definition) is 8. The van der Waals surface area contributed by atoms with Crippen LogP contribution in [-0.2, 0) is 11.3 Å². The summed E-state index contributed by atoms with van der Waals surface area (Å²) in [4.78, 5) is 13.6. The molecule has 2 saturated heterocycles. The van der Waals surface area contributed by atoms with Crippen LogP contribution in [0, 0.1) is 6.92 Å². The van der Waals surface area contributed by atoms with Crippen LogP contribution >= 0.6 is 0 Å². The molecule has 152 valence electrons. The molecule has 2 aromatic heterocycles. The highest BCUT2D eigenvalue weighted by Gasteiger charge is 2.21. The van der Waals surface area contributed by atoms with Crippen molar-refractivity contribution in [2.75, 3.05) is 44.3 Å². The van der Waals surface area contributed by atoms with E-state index in [-0.39, 0.29) is 6.10 Å². The van der Waals surface area contributed by atoms with E-state index in [0.717, 1.165) is 68.1 Å². The predicted molar refractivity (Wildman–Crippen MR) is 108 cm³/mol. The third kappa shape index (κ3) is 4.04. The van der Waals surface area contributed by atoms with Gasteiger partial charge in [-0.1, -0.05) is 5.16 Å². The van der Waals surface area contributed by atoms with E-state index in [1.165, 1.54) is 5.69 Å². The lowest BCUT2D eigenvalue weighted by Gasteiger charge is -2.35. The van der Waals surface area contributed by atoms with Gasteiger partial charge in [0.25, 0.3) is 0 Å². The minimum atomic E-state index is 0.0695. The van der Waals surface area contributed by atoms with Gasteiger partial charge in [0.2, 0.25) is 5.88 Å². The van der Waals surface area contributed by atoms with E-state index in [2.05, 4.69) is 37.1 Å². The van der Waals surface area contributed by atoms with E-state index in [1.807, 2.05) is 19.1 Å². The van der Waals surface area contributed by atoms with E-state index in [0.29, 0.717) is 12.5 Å². The van der Waals surface area contributed by atoms with Crippen molar-refractivity contribution < 1.29 is 14.0 Å². The van der Waals surface area contributed by atoms with E-state index in [1.54, 1.807) is 6.33 Å². The first-order valence-corrected chi connectivity index (χ1v) is 10.1. The maximum Gasteiger partial charge on any atom is 0.224 e. The van der Waals surface area contributed by atoms with E-state index in [4.69, 9.17) is 14.0 Å². The first-order chi connectivity index (χ1) is 14.2. The van der Waals surface area contributed by atoms with Gasteiger partial charge in [-0.05, 0) is 25.1 Å². The Morgan fingerprint density at radius 3 is 2.79 bits per heavy atom. The number of hydrogen-bond donors (Lipinski definition) is 0. The molecule has 29 heavy (non-hydrogen) atoms. The molecule has 4 heterocycles. The average Bonchev–Trinajstić information content (AvgIpc) is 3.40. The van der Waals surface area contributed by atoms with E-state index in [9.17, 15) is 0 Å². The Morgan fingerprint density at radius 2 is 2.03 bits per heavy atom. The SMILES string of the molecule is Cc1cc(CN2CCN(c3ccc4ncnc(OC5CCOC5)c4c3)CC2)on1. The van der Waals surface area contributed by atoms with Crippen molar-refractivity contribution in [3.05, 3.63) is 42.0 Å². The summed E-state index contributed by atoms with van der Waals surface area (Å²) in [6, 6.07) is 8.34. The highest BCUT2D eigenvalue weighted by Crippen LogP contribution is 2.29. The van der Waals surface area contributed by atoms with Gasteiger partial charge in [0, 0.05) is 44.4 Å². The summed E-state index contributed by atoms with van der Waals surface area (Å²) in [5, 5.41) is 4.93. The zero-order valence-corrected chi connectivity index (χ0v) is 16.6. The number of ether oxygens (including phenoxy) is 2. The van der Waals surface area contributed by atoms with Crippen LogP contribution in [0.3, 0.4) is 0 Å². The smallest absolute Gasteiger partial charge is 0.224 e. The second kappa shape index (κ2) is 7.96. The molecule has 0 saturated carbocycles. The number of nitrogens with zero attached hydrogens (tertiary/aromatic N) is 5. The summed E-state index contributed by atoms with van der Waals surface area (Å²) in [5.41, 5.74) is 3.01. The van der Waals surface area contributed by atoms with Crippen molar-refractivity contribution in [1.82, 2.24) is 20.0 Å². The van der Waals surface area contributed by atoms with Crippen LogP contribution in [0.15, 0.2) is 35.1 Å². The predicted octanol–water partition coefficient (Wildman–Crippen LogP) is 2.42. The first kappa shape index (κ1) is 18.3.